The van der Waals surface area contributed by atoms with E-state index in [4.69, 9.17) is 0 Å². The molecule has 1 aliphatic rings. The molecule has 1 aromatic heterocycles. The van der Waals surface area contributed by atoms with Gasteiger partial charge < -0.3 is 10.0 Å². The first-order valence-corrected chi connectivity index (χ1v) is 7.65. The van der Waals surface area contributed by atoms with Crippen LogP contribution in [0.2, 0.25) is 0 Å². The third-order valence-electron chi connectivity index (χ3n) is 3.55. The predicted molar refractivity (Wildman–Crippen MR) is 74.9 cm³/mol. The molecule has 0 aromatic carbocycles. The van der Waals surface area contributed by atoms with Gasteiger partial charge in [-0.25, -0.2) is 4.79 Å². The Morgan fingerprint density at radius 1 is 1.35 bits per heavy atom. The summed E-state index contributed by atoms with van der Waals surface area (Å²) in [4.78, 5) is 26.0. The van der Waals surface area contributed by atoms with Crippen molar-refractivity contribution < 1.29 is 14.7 Å². The number of carbonyl (C=O) groups excluding carboxylic acids is 1. The molecule has 0 radical (unpaired) electrons. The summed E-state index contributed by atoms with van der Waals surface area (Å²) in [5, 5.41) is 13.3. The summed E-state index contributed by atoms with van der Waals surface area (Å²) < 4.78 is 3.85. The van der Waals surface area contributed by atoms with E-state index in [1.54, 1.807) is 0 Å². The van der Waals surface area contributed by atoms with E-state index in [-0.39, 0.29) is 11.8 Å². The summed E-state index contributed by atoms with van der Waals surface area (Å²) >= 11 is 1.05. The van der Waals surface area contributed by atoms with Gasteiger partial charge in [-0.3, -0.25) is 4.79 Å². The first kappa shape index (κ1) is 14.9. The molecule has 1 amide bonds. The van der Waals surface area contributed by atoms with Gasteiger partial charge in [-0.05, 0) is 30.3 Å². The lowest BCUT2D eigenvalue weighted by Crippen LogP contribution is -2.44. The van der Waals surface area contributed by atoms with Gasteiger partial charge in [-0.1, -0.05) is 31.2 Å². The van der Waals surface area contributed by atoms with Crippen LogP contribution in [0.5, 0.6) is 0 Å². The number of hydrogen-bond donors (Lipinski definition) is 1. The number of amides is 1. The largest absolute Gasteiger partial charge is 0.480 e. The highest BCUT2D eigenvalue weighted by molar-refractivity contribution is 7.08. The number of nitrogens with zero attached hydrogens (tertiary/aromatic N) is 3. The number of carboxylic acids is 1. The van der Waals surface area contributed by atoms with Gasteiger partial charge in [-0.2, -0.15) is 0 Å². The molecule has 0 saturated carbocycles. The predicted octanol–water partition coefficient (Wildman–Crippen LogP) is 2.13. The average Bonchev–Trinajstić information content (AvgIpc) is 2.75. The first-order chi connectivity index (χ1) is 9.52. The van der Waals surface area contributed by atoms with Gasteiger partial charge in [0.15, 0.2) is 0 Å². The molecule has 1 N–H and O–H groups in total. The van der Waals surface area contributed by atoms with E-state index in [9.17, 15) is 14.7 Å². The minimum Gasteiger partial charge on any atom is -0.480 e. The van der Waals surface area contributed by atoms with Crippen LogP contribution in [0.15, 0.2) is 0 Å². The Morgan fingerprint density at radius 2 is 2.10 bits per heavy atom. The van der Waals surface area contributed by atoms with Crippen molar-refractivity contribution in [1.82, 2.24) is 14.5 Å². The number of carbonyl (C=O) groups is 2. The summed E-state index contributed by atoms with van der Waals surface area (Å²) in [6.45, 7) is 4.39. The van der Waals surface area contributed by atoms with E-state index in [1.807, 2.05) is 13.8 Å². The lowest BCUT2D eigenvalue weighted by molar-refractivity contribution is -0.142. The van der Waals surface area contributed by atoms with Crippen LogP contribution in [-0.4, -0.2) is 44.1 Å². The molecule has 0 aliphatic carbocycles. The average molecular weight is 297 g/mol. The van der Waals surface area contributed by atoms with E-state index in [0.29, 0.717) is 23.5 Å². The maximum atomic E-state index is 12.6. The van der Waals surface area contributed by atoms with Crippen molar-refractivity contribution in [2.24, 2.45) is 0 Å². The summed E-state index contributed by atoms with van der Waals surface area (Å²) in [7, 11) is 0. The second-order valence-corrected chi connectivity index (χ2v) is 6.10. The van der Waals surface area contributed by atoms with Crippen molar-refractivity contribution in [3.8, 4) is 0 Å². The van der Waals surface area contributed by atoms with E-state index < -0.39 is 12.0 Å². The maximum absolute atomic E-state index is 12.6. The van der Waals surface area contributed by atoms with Crippen LogP contribution in [0, 0.1) is 0 Å². The van der Waals surface area contributed by atoms with Gasteiger partial charge in [0.1, 0.15) is 10.9 Å². The minimum absolute atomic E-state index is 0.1000. The topological polar surface area (TPSA) is 83.4 Å². The molecule has 6 nitrogen and oxygen atoms in total. The second kappa shape index (κ2) is 6.30. The molecule has 1 saturated heterocycles. The Kier molecular flexibility index (Phi) is 4.69. The normalized spacial score (nSPS) is 19.9. The molecule has 1 aromatic rings. The third-order valence-corrected chi connectivity index (χ3v) is 4.28. The molecule has 7 heteroatoms. The fourth-order valence-corrected chi connectivity index (χ4v) is 3.24. The summed E-state index contributed by atoms with van der Waals surface area (Å²) in [5.74, 6) is -1.07. The highest BCUT2D eigenvalue weighted by Crippen LogP contribution is 2.25. The van der Waals surface area contributed by atoms with Gasteiger partial charge in [0.05, 0.1) is 5.69 Å². The minimum atomic E-state index is -0.927. The molecule has 110 valence electrons. The van der Waals surface area contributed by atoms with Crippen molar-refractivity contribution in [2.75, 3.05) is 6.54 Å². The zero-order valence-electron chi connectivity index (χ0n) is 11.7. The molecule has 1 aliphatic heterocycles. The molecule has 20 heavy (non-hydrogen) atoms. The number of hydrogen-bond acceptors (Lipinski definition) is 5. The molecule has 1 fully saturated rings. The highest BCUT2D eigenvalue weighted by Gasteiger charge is 2.33. The first-order valence-electron chi connectivity index (χ1n) is 6.88. The maximum Gasteiger partial charge on any atom is 0.326 e. The van der Waals surface area contributed by atoms with Crippen LogP contribution in [-0.2, 0) is 4.79 Å². The fourth-order valence-electron chi connectivity index (χ4n) is 2.46. The Balaban J connectivity index is 2.29. The van der Waals surface area contributed by atoms with Crippen LogP contribution >= 0.6 is 11.5 Å². The smallest absolute Gasteiger partial charge is 0.326 e. The quantitative estimate of drug-likeness (QED) is 0.924. The van der Waals surface area contributed by atoms with E-state index in [1.165, 1.54) is 4.90 Å². The van der Waals surface area contributed by atoms with Crippen LogP contribution in [0.4, 0.5) is 0 Å². The summed E-state index contributed by atoms with van der Waals surface area (Å²) in [6, 6.07) is -0.730. The zero-order valence-corrected chi connectivity index (χ0v) is 12.5. The Bertz CT molecular complexity index is 501. The summed E-state index contributed by atoms with van der Waals surface area (Å²) in [6.07, 6.45) is 3.17. The molecule has 2 heterocycles. The van der Waals surface area contributed by atoms with Crippen molar-refractivity contribution in [2.45, 2.75) is 51.5 Å². The van der Waals surface area contributed by atoms with Crippen LogP contribution in [0.1, 0.15) is 60.8 Å². The molecule has 0 bridgehead atoms. The van der Waals surface area contributed by atoms with Gasteiger partial charge in [0.2, 0.25) is 0 Å². The third kappa shape index (κ3) is 2.98. The molecule has 2 rings (SSSR count). The fraction of sp³-hybridized carbons (Fsp3) is 0.692. The molecule has 1 unspecified atom stereocenters. The highest BCUT2D eigenvalue weighted by atomic mass is 32.1. The van der Waals surface area contributed by atoms with Gasteiger partial charge in [0, 0.05) is 6.54 Å². The van der Waals surface area contributed by atoms with Crippen LogP contribution < -0.4 is 0 Å². The van der Waals surface area contributed by atoms with Gasteiger partial charge in [0.25, 0.3) is 5.91 Å². The van der Waals surface area contributed by atoms with Crippen LogP contribution in [0.25, 0.3) is 0 Å². The monoisotopic (exact) mass is 297 g/mol. The number of carboxylic acid groups (broad SMARTS) is 1. The van der Waals surface area contributed by atoms with Gasteiger partial charge in [-0.15, -0.1) is 5.10 Å². The van der Waals surface area contributed by atoms with Crippen molar-refractivity contribution in [3.05, 3.63) is 10.6 Å². The van der Waals surface area contributed by atoms with E-state index in [2.05, 4.69) is 9.59 Å². The van der Waals surface area contributed by atoms with Crippen LogP contribution in [0.3, 0.4) is 0 Å². The Labute approximate surface area is 122 Å². The Morgan fingerprint density at radius 3 is 2.75 bits per heavy atom. The molecular formula is C13H19N3O3S. The Hall–Kier alpha value is -1.50. The molecule has 1 atom stereocenters. The van der Waals surface area contributed by atoms with E-state index in [0.717, 1.165) is 30.8 Å². The molecular weight excluding hydrogens is 278 g/mol. The zero-order chi connectivity index (χ0) is 14.7. The molecule has 0 spiro atoms. The number of aliphatic carboxylic acids is 1. The number of aromatic nitrogens is 2. The lowest BCUT2D eigenvalue weighted by Gasteiger charge is -2.26. The second-order valence-electron chi connectivity index (χ2n) is 5.34. The number of likely N-dealkylation sites (tertiary alicyclic amines) is 1. The lowest BCUT2D eigenvalue weighted by atomic mass is 10.1. The summed E-state index contributed by atoms with van der Waals surface area (Å²) in [5.41, 5.74) is 0.661. The van der Waals surface area contributed by atoms with Crippen molar-refractivity contribution in [3.63, 3.8) is 0 Å². The standard InChI is InChI=1S/C13H19N3O3S/c1-8(2)10-11(20-15-14-10)12(17)16-7-5-3-4-6-9(16)13(18)19/h8-9H,3-7H2,1-2H3,(H,18,19). The van der Waals surface area contributed by atoms with Gasteiger partial charge >= 0.3 is 5.97 Å². The van der Waals surface area contributed by atoms with Crippen molar-refractivity contribution >= 4 is 23.4 Å². The van der Waals surface area contributed by atoms with E-state index >= 15 is 0 Å². The SMILES string of the molecule is CC(C)c1nnsc1C(=O)N1CCCCCC1C(=O)O. The number of rotatable bonds is 3. The van der Waals surface area contributed by atoms with Crippen molar-refractivity contribution in [1.29, 1.82) is 0 Å².